The highest BCUT2D eigenvalue weighted by molar-refractivity contribution is 6.83. The Morgan fingerprint density at radius 1 is 0.718 bits per heavy atom. The van der Waals surface area contributed by atoms with Gasteiger partial charge in [0.05, 0.1) is 14.3 Å². The Morgan fingerprint density at radius 3 is 2.05 bits per heavy atom. The lowest BCUT2D eigenvalue weighted by Gasteiger charge is -2.39. The van der Waals surface area contributed by atoms with Crippen LogP contribution in [0.4, 0.5) is 0 Å². The van der Waals surface area contributed by atoms with Crippen LogP contribution in [0.2, 0.25) is 13.1 Å². The molecular formula is C37H40OSi. The quantitative estimate of drug-likeness (QED) is 0.240. The Balaban J connectivity index is 1.54. The lowest BCUT2D eigenvalue weighted by molar-refractivity contribution is 0.549. The van der Waals surface area contributed by atoms with Crippen LogP contribution in [0.1, 0.15) is 84.8 Å². The molecule has 39 heavy (non-hydrogen) atoms. The molecule has 6 rings (SSSR count). The summed E-state index contributed by atoms with van der Waals surface area (Å²) in [5.41, 5.74) is 16.3. The van der Waals surface area contributed by atoms with Gasteiger partial charge in [0.15, 0.2) is 0 Å². The van der Waals surface area contributed by atoms with Crippen molar-refractivity contribution in [1.29, 1.82) is 0 Å². The van der Waals surface area contributed by atoms with Crippen molar-refractivity contribution in [2.45, 2.75) is 71.1 Å². The smallest absolute Gasteiger partial charge is 0.133 e. The summed E-state index contributed by atoms with van der Waals surface area (Å²) in [5.74, 6) is 1.05. The summed E-state index contributed by atoms with van der Waals surface area (Å²) in [5, 5.41) is 0. The van der Waals surface area contributed by atoms with Crippen molar-refractivity contribution in [2.75, 3.05) is 0 Å². The van der Waals surface area contributed by atoms with Crippen LogP contribution in [0.3, 0.4) is 0 Å². The average molecular weight is 529 g/mol. The molecule has 3 aromatic carbocycles. The third-order valence-electron chi connectivity index (χ3n) is 9.44. The lowest BCUT2D eigenvalue weighted by Crippen LogP contribution is -2.42. The molecule has 198 valence electrons. The molecule has 0 aliphatic heterocycles. The molecule has 0 saturated heterocycles. The van der Waals surface area contributed by atoms with E-state index in [1.165, 1.54) is 55.7 Å². The van der Waals surface area contributed by atoms with Crippen LogP contribution >= 0.6 is 0 Å². The monoisotopic (exact) mass is 528 g/mol. The molecule has 1 heterocycles. The lowest BCUT2D eigenvalue weighted by atomic mass is 9.86. The van der Waals surface area contributed by atoms with E-state index in [9.17, 15) is 0 Å². The topological polar surface area (TPSA) is 13.1 Å². The highest BCUT2D eigenvalue weighted by Gasteiger charge is 2.49. The Morgan fingerprint density at radius 2 is 1.38 bits per heavy atom. The van der Waals surface area contributed by atoms with Crippen molar-refractivity contribution in [1.82, 2.24) is 0 Å². The van der Waals surface area contributed by atoms with E-state index in [-0.39, 0.29) is 5.41 Å². The first-order valence-corrected chi connectivity index (χ1v) is 17.4. The van der Waals surface area contributed by atoms with Crippen LogP contribution in [-0.4, -0.2) is 8.07 Å². The standard InChI is InChI=1S/C37H40OSi/c1-23-20-21-38-34(23)33-22-32-29(26-16-18-27(19-17-26)37(4,5)6)14-11-15-31(32)36(33)39(7,8)35-25(3)24(2)28-12-9-10-13-30(28)35/h9-22,35-36H,1-8H3. The molecule has 1 aromatic heterocycles. The number of fused-ring (bicyclic) bond motifs is 2. The van der Waals surface area contributed by atoms with E-state index in [4.69, 9.17) is 4.42 Å². The van der Waals surface area contributed by atoms with Gasteiger partial charge in [-0.05, 0) is 88.4 Å². The summed E-state index contributed by atoms with van der Waals surface area (Å²) in [6.45, 7) is 18.9. The van der Waals surface area contributed by atoms with Crippen LogP contribution in [0.25, 0.3) is 28.3 Å². The third kappa shape index (κ3) is 4.03. The number of aryl methyl sites for hydroxylation is 1. The molecule has 1 nitrogen and oxygen atoms in total. The van der Waals surface area contributed by atoms with Gasteiger partial charge in [-0.1, -0.05) is 106 Å². The van der Waals surface area contributed by atoms with Crippen LogP contribution in [-0.2, 0) is 5.41 Å². The van der Waals surface area contributed by atoms with E-state index in [0.29, 0.717) is 11.1 Å². The average Bonchev–Trinajstić information content (AvgIpc) is 3.57. The van der Waals surface area contributed by atoms with Gasteiger partial charge in [0, 0.05) is 16.7 Å². The second-order valence-corrected chi connectivity index (χ2v) is 18.0. The van der Waals surface area contributed by atoms with Gasteiger partial charge in [-0.25, -0.2) is 0 Å². The van der Waals surface area contributed by atoms with E-state index >= 15 is 0 Å². The summed E-state index contributed by atoms with van der Waals surface area (Å²) in [6.07, 6.45) is 4.31. The van der Waals surface area contributed by atoms with Crippen molar-refractivity contribution in [2.24, 2.45) is 0 Å². The fraction of sp³-hybridized carbons (Fsp3) is 0.297. The van der Waals surface area contributed by atoms with Crippen LogP contribution in [0, 0.1) is 6.92 Å². The van der Waals surface area contributed by atoms with Gasteiger partial charge < -0.3 is 4.42 Å². The first-order chi connectivity index (χ1) is 18.5. The van der Waals surface area contributed by atoms with Gasteiger partial charge in [-0.2, -0.15) is 0 Å². The van der Waals surface area contributed by atoms with Gasteiger partial charge in [0.1, 0.15) is 5.76 Å². The molecule has 0 amide bonds. The summed E-state index contributed by atoms with van der Waals surface area (Å²) in [6, 6.07) is 27.4. The zero-order chi connectivity index (χ0) is 27.7. The second kappa shape index (κ2) is 9.10. The van der Waals surface area contributed by atoms with Crippen LogP contribution < -0.4 is 0 Å². The number of hydrogen-bond donors (Lipinski definition) is 0. The molecule has 0 N–H and O–H groups in total. The van der Waals surface area contributed by atoms with Gasteiger partial charge in [-0.3, -0.25) is 0 Å². The van der Waals surface area contributed by atoms with Crippen molar-refractivity contribution in [3.8, 4) is 11.1 Å². The van der Waals surface area contributed by atoms with Gasteiger partial charge in [-0.15, -0.1) is 0 Å². The predicted octanol–water partition coefficient (Wildman–Crippen LogP) is 10.6. The van der Waals surface area contributed by atoms with Crippen molar-refractivity contribution < 1.29 is 4.42 Å². The normalized spacial score (nSPS) is 18.8. The highest BCUT2D eigenvalue weighted by atomic mass is 28.3. The molecule has 0 spiro atoms. The Hall–Kier alpha value is -3.36. The minimum Gasteiger partial charge on any atom is -0.464 e. The fourth-order valence-electron chi connectivity index (χ4n) is 7.35. The summed E-state index contributed by atoms with van der Waals surface area (Å²) >= 11 is 0. The van der Waals surface area contributed by atoms with Gasteiger partial charge in [0.2, 0.25) is 0 Å². The van der Waals surface area contributed by atoms with Crippen LogP contribution in [0.5, 0.6) is 0 Å². The number of hydrogen-bond acceptors (Lipinski definition) is 1. The van der Waals surface area contributed by atoms with E-state index in [0.717, 1.165) is 5.76 Å². The molecular weight excluding hydrogens is 488 g/mol. The molecule has 2 unspecified atom stereocenters. The SMILES string of the molecule is CC1=C(C)C([Si](C)(C)C2C(c3occc3C)=Cc3c(-c4ccc(C(C)(C)C)cc4)cccc32)c2ccccc21. The van der Waals surface area contributed by atoms with Crippen molar-refractivity contribution >= 4 is 25.3 Å². The molecule has 2 aliphatic rings. The minimum atomic E-state index is -2.03. The highest BCUT2D eigenvalue weighted by Crippen LogP contribution is 2.57. The van der Waals surface area contributed by atoms with E-state index in [1.54, 1.807) is 5.57 Å². The molecule has 0 radical (unpaired) electrons. The Bertz CT molecular complexity index is 1640. The zero-order valence-corrected chi connectivity index (χ0v) is 25.6. The first-order valence-electron chi connectivity index (χ1n) is 14.3. The molecule has 0 saturated carbocycles. The van der Waals surface area contributed by atoms with Crippen molar-refractivity contribution in [3.05, 3.63) is 124 Å². The maximum atomic E-state index is 6.23. The maximum absolute atomic E-state index is 6.23. The molecule has 2 heteroatoms. The van der Waals surface area contributed by atoms with Gasteiger partial charge >= 0.3 is 0 Å². The molecule has 2 atom stereocenters. The number of rotatable bonds is 4. The third-order valence-corrected chi connectivity index (χ3v) is 13.8. The molecule has 2 aliphatic carbocycles. The summed E-state index contributed by atoms with van der Waals surface area (Å²) < 4.78 is 6.23. The Labute approximate surface area is 235 Å². The zero-order valence-electron chi connectivity index (χ0n) is 24.6. The second-order valence-electron chi connectivity index (χ2n) is 13.3. The first kappa shape index (κ1) is 25.9. The minimum absolute atomic E-state index is 0.142. The van der Waals surface area contributed by atoms with Gasteiger partial charge in [0.25, 0.3) is 0 Å². The Kier molecular flexibility index (Phi) is 6.04. The van der Waals surface area contributed by atoms with E-state index in [1.807, 2.05) is 6.26 Å². The molecule has 4 aromatic rings. The van der Waals surface area contributed by atoms with E-state index < -0.39 is 8.07 Å². The summed E-state index contributed by atoms with van der Waals surface area (Å²) in [7, 11) is -2.03. The van der Waals surface area contributed by atoms with E-state index in [2.05, 4.69) is 134 Å². The number of furan rings is 1. The predicted molar refractivity (Wildman–Crippen MR) is 170 cm³/mol. The maximum Gasteiger partial charge on any atom is 0.133 e. The number of allylic oxidation sites excluding steroid dienone is 3. The molecule has 0 bridgehead atoms. The van der Waals surface area contributed by atoms with Crippen LogP contribution in [0.15, 0.2) is 89.0 Å². The summed E-state index contributed by atoms with van der Waals surface area (Å²) in [4.78, 5) is 0. The number of benzene rings is 3. The van der Waals surface area contributed by atoms with Crippen molar-refractivity contribution in [3.63, 3.8) is 0 Å². The molecule has 0 fully saturated rings. The largest absolute Gasteiger partial charge is 0.464 e. The fourth-order valence-corrected chi connectivity index (χ4v) is 12.1.